The standard InChI is InChI=1S/C7H7ClN2O/c1-2-4-10-5-3-9-6(8)7(10)11/h2-3,5H,1,4H2. The van der Waals surface area contributed by atoms with Gasteiger partial charge in [0.2, 0.25) is 0 Å². The molecule has 0 fully saturated rings. The monoisotopic (exact) mass is 170 g/mol. The first-order chi connectivity index (χ1) is 5.25. The second-order valence-electron chi connectivity index (χ2n) is 1.96. The molecule has 0 spiro atoms. The Morgan fingerprint density at radius 2 is 2.55 bits per heavy atom. The van der Waals surface area contributed by atoms with Crippen LogP contribution in [0.5, 0.6) is 0 Å². The molecule has 0 bridgehead atoms. The van der Waals surface area contributed by atoms with Gasteiger partial charge in [-0.15, -0.1) is 6.58 Å². The molecule has 0 N–H and O–H groups in total. The highest BCUT2D eigenvalue weighted by atomic mass is 35.5. The lowest BCUT2D eigenvalue weighted by Crippen LogP contribution is -2.19. The zero-order valence-corrected chi connectivity index (χ0v) is 6.58. The minimum atomic E-state index is -0.283. The summed E-state index contributed by atoms with van der Waals surface area (Å²) in [4.78, 5) is 14.7. The minimum Gasteiger partial charge on any atom is -0.308 e. The molecule has 1 aromatic rings. The molecule has 1 aromatic heterocycles. The molecule has 0 saturated heterocycles. The predicted octanol–water partition coefficient (Wildman–Crippen LogP) is 1.08. The van der Waals surface area contributed by atoms with Crippen LogP contribution in [0.1, 0.15) is 0 Å². The van der Waals surface area contributed by atoms with Crippen molar-refractivity contribution in [1.82, 2.24) is 9.55 Å². The average molecular weight is 171 g/mol. The maximum atomic E-state index is 11.1. The molecule has 0 radical (unpaired) electrons. The normalized spacial score (nSPS) is 9.55. The van der Waals surface area contributed by atoms with Gasteiger partial charge in [-0.1, -0.05) is 17.7 Å². The third-order valence-corrected chi connectivity index (χ3v) is 1.46. The van der Waals surface area contributed by atoms with E-state index >= 15 is 0 Å². The highest BCUT2D eigenvalue weighted by Crippen LogP contribution is 1.92. The summed E-state index contributed by atoms with van der Waals surface area (Å²) in [6.07, 6.45) is 4.67. The fourth-order valence-corrected chi connectivity index (χ4v) is 0.868. The van der Waals surface area contributed by atoms with Gasteiger partial charge in [-0.05, 0) is 0 Å². The lowest BCUT2D eigenvalue weighted by Gasteiger charge is -1.98. The summed E-state index contributed by atoms with van der Waals surface area (Å²) in [6.45, 7) is 3.96. The first-order valence-electron chi connectivity index (χ1n) is 3.07. The van der Waals surface area contributed by atoms with Crippen LogP contribution >= 0.6 is 11.6 Å². The Morgan fingerprint density at radius 1 is 1.82 bits per heavy atom. The van der Waals surface area contributed by atoms with Crippen molar-refractivity contribution in [3.8, 4) is 0 Å². The number of allylic oxidation sites excluding steroid dienone is 1. The fraction of sp³-hybridized carbons (Fsp3) is 0.143. The Hall–Kier alpha value is -1.09. The largest absolute Gasteiger partial charge is 0.308 e. The second kappa shape index (κ2) is 3.34. The van der Waals surface area contributed by atoms with E-state index < -0.39 is 0 Å². The third-order valence-electron chi connectivity index (χ3n) is 1.20. The van der Waals surface area contributed by atoms with Crippen molar-refractivity contribution in [2.24, 2.45) is 0 Å². The number of nitrogens with zero attached hydrogens (tertiary/aromatic N) is 2. The molecule has 0 amide bonds. The molecular formula is C7H7ClN2O. The maximum absolute atomic E-state index is 11.1. The molecule has 58 valence electrons. The highest BCUT2D eigenvalue weighted by Gasteiger charge is 1.97. The lowest BCUT2D eigenvalue weighted by molar-refractivity contribution is 0.768. The summed E-state index contributed by atoms with van der Waals surface area (Å²) in [7, 11) is 0. The van der Waals surface area contributed by atoms with Crippen molar-refractivity contribution in [2.75, 3.05) is 0 Å². The van der Waals surface area contributed by atoms with Gasteiger partial charge < -0.3 is 4.57 Å². The minimum absolute atomic E-state index is 0.00523. The highest BCUT2D eigenvalue weighted by molar-refractivity contribution is 6.29. The van der Waals surface area contributed by atoms with Crippen LogP contribution in [-0.2, 0) is 6.54 Å². The number of aromatic nitrogens is 2. The molecule has 0 aliphatic carbocycles. The van der Waals surface area contributed by atoms with Gasteiger partial charge in [0.25, 0.3) is 5.56 Å². The Balaban J connectivity index is 3.16. The molecule has 0 aliphatic heterocycles. The molecule has 11 heavy (non-hydrogen) atoms. The van der Waals surface area contributed by atoms with Crippen LogP contribution in [0.2, 0.25) is 5.15 Å². The number of hydrogen-bond donors (Lipinski definition) is 0. The topological polar surface area (TPSA) is 34.9 Å². The SMILES string of the molecule is C=CCn1ccnc(Cl)c1=O. The van der Waals surface area contributed by atoms with Crippen LogP contribution in [0.15, 0.2) is 29.8 Å². The molecule has 4 heteroatoms. The van der Waals surface area contributed by atoms with E-state index in [0.717, 1.165) is 0 Å². The summed E-state index contributed by atoms with van der Waals surface area (Å²) < 4.78 is 1.43. The second-order valence-corrected chi connectivity index (χ2v) is 2.32. The maximum Gasteiger partial charge on any atom is 0.288 e. The first-order valence-corrected chi connectivity index (χ1v) is 3.45. The molecule has 0 aromatic carbocycles. The van der Waals surface area contributed by atoms with Crippen molar-refractivity contribution in [1.29, 1.82) is 0 Å². The van der Waals surface area contributed by atoms with E-state index in [-0.39, 0.29) is 10.7 Å². The Labute approximate surface area is 69.0 Å². The fourth-order valence-electron chi connectivity index (χ4n) is 0.704. The summed E-state index contributed by atoms with van der Waals surface area (Å²) in [5.74, 6) is 0. The molecule has 1 heterocycles. The van der Waals surface area contributed by atoms with Crippen molar-refractivity contribution >= 4 is 11.6 Å². The van der Waals surface area contributed by atoms with Crippen molar-refractivity contribution < 1.29 is 0 Å². The predicted molar refractivity (Wildman–Crippen MR) is 43.7 cm³/mol. The molecule has 0 atom stereocenters. The number of halogens is 1. The van der Waals surface area contributed by atoms with E-state index in [4.69, 9.17) is 11.6 Å². The van der Waals surface area contributed by atoms with Crippen LogP contribution in [0, 0.1) is 0 Å². The third kappa shape index (κ3) is 1.68. The van der Waals surface area contributed by atoms with Gasteiger partial charge >= 0.3 is 0 Å². The van der Waals surface area contributed by atoms with Crippen LogP contribution < -0.4 is 5.56 Å². The molecule has 3 nitrogen and oxygen atoms in total. The van der Waals surface area contributed by atoms with Gasteiger partial charge in [0.15, 0.2) is 5.15 Å². The van der Waals surface area contributed by atoms with Crippen LogP contribution in [0.25, 0.3) is 0 Å². The number of rotatable bonds is 2. The van der Waals surface area contributed by atoms with Crippen molar-refractivity contribution in [3.63, 3.8) is 0 Å². The van der Waals surface area contributed by atoms with Gasteiger partial charge in [0, 0.05) is 18.9 Å². The van der Waals surface area contributed by atoms with Gasteiger partial charge in [-0.25, -0.2) is 4.98 Å². The van der Waals surface area contributed by atoms with Gasteiger partial charge in [-0.3, -0.25) is 4.79 Å². The van der Waals surface area contributed by atoms with E-state index in [2.05, 4.69) is 11.6 Å². The molecule has 0 unspecified atom stereocenters. The Morgan fingerprint density at radius 3 is 3.18 bits per heavy atom. The quantitative estimate of drug-likeness (QED) is 0.623. The smallest absolute Gasteiger partial charge is 0.288 e. The molecular weight excluding hydrogens is 164 g/mol. The molecule has 0 aliphatic rings. The zero-order valence-electron chi connectivity index (χ0n) is 5.83. The van der Waals surface area contributed by atoms with Gasteiger partial charge in [0.05, 0.1) is 0 Å². The van der Waals surface area contributed by atoms with E-state index in [0.29, 0.717) is 6.54 Å². The lowest BCUT2D eigenvalue weighted by atomic mass is 10.5. The van der Waals surface area contributed by atoms with E-state index in [1.807, 2.05) is 0 Å². The summed E-state index contributed by atoms with van der Waals surface area (Å²) in [5.41, 5.74) is -0.283. The van der Waals surface area contributed by atoms with Crippen molar-refractivity contribution in [2.45, 2.75) is 6.54 Å². The van der Waals surface area contributed by atoms with E-state index in [9.17, 15) is 4.79 Å². The van der Waals surface area contributed by atoms with E-state index in [1.54, 1.807) is 12.3 Å². The Kier molecular flexibility index (Phi) is 2.44. The zero-order chi connectivity index (χ0) is 8.27. The average Bonchev–Trinajstić information content (AvgIpc) is 1.99. The summed E-state index contributed by atoms with van der Waals surface area (Å²) in [5, 5.41) is -0.00523. The Bertz CT molecular complexity index is 318. The molecule has 1 rings (SSSR count). The van der Waals surface area contributed by atoms with Gasteiger partial charge in [0.1, 0.15) is 0 Å². The number of hydrogen-bond acceptors (Lipinski definition) is 2. The first kappa shape index (κ1) is 8.01. The van der Waals surface area contributed by atoms with Gasteiger partial charge in [-0.2, -0.15) is 0 Å². The summed E-state index contributed by atoms with van der Waals surface area (Å²) in [6, 6.07) is 0. The van der Waals surface area contributed by atoms with Crippen LogP contribution in [0.3, 0.4) is 0 Å². The van der Waals surface area contributed by atoms with Crippen LogP contribution in [0.4, 0.5) is 0 Å². The van der Waals surface area contributed by atoms with Crippen LogP contribution in [-0.4, -0.2) is 9.55 Å². The molecule has 0 saturated carbocycles. The summed E-state index contributed by atoms with van der Waals surface area (Å²) >= 11 is 5.47. The van der Waals surface area contributed by atoms with Crippen molar-refractivity contribution in [3.05, 3.63) is 40.6 Å². The van der Waals surface area contributed by atoms with E-state index in [1.165, 1.54) is 10.8 Å².